The van der Waals surface area contributed by atoms with E-state index in [2.05, 4.69) is 40.3 Å². The lowest BCUT2D eigenvalue weighted by molar-refractivity contribution is 0.414. The zero-order chi connectivity index (χ0) is 15.2. The molecule has 1 aromatic heterocycles. The van der Waals surface area contributed by atoms with Crippen molar-refractivity contribution in [1.82, 2.24) is 5.32 Å². The Hall–Kier alpha value is -0.550. The Kier molecular flexibility index (Phi) is 6.55. The number of hydrogen-bond acceptors (Lipinski definition) is 3. The molecule has 0 fully saturated rings. The van der Waals surface area contributed by atoms with Gasteiger partial charge in [0.1, 0.15) is 5.75 Å². The summed E-state index contributed by atoms with van der Waals surface area (Å²) in [4.78, 5) is 1.25. The van der Waals surface area contributed by atoms with E-state index in [9.17, 15) is 0 Å². The van der Waals surface area contributed by atoms with Crippen LogP contribution in [0.15, 0.2) is 34.1 Å². The summed E-state index contributed by atoms with van der Waals surface area (Å²) in [5.74, 6) is 0.895. The number of rotatable bonds is 7. The standard InChI is InChI=1S/C16H19BrClNOS/c1-3-7-19-14(15-10-13(18)16(17)21-15)9-11-5-4-6-12(8-11)20-2/h4-6,8,10,14,19H,3,7,9H2,1-2H3. The molecule has 21 heavy (non-hydrogen) atoms. The maximum Gasteiger partial charge on any atom is 0.119 e. The van der Waals surface area contributed by atoms with Crippen LogP contribution in [0.3, 0.4) is 0 Å². The van der Waals surface area contributed by atoms with E-state index in [-0.39, 0.29) is 6.04 Å². The zero-order valence-corrected chi connectivity index (χ0v) is 15.3. The summed E-state index contributed by atoms with van der Waals surface area (Å²) in [6, 6.07) is 10.5. The molecule has 1 heterocycles. The minimum atomic E-state index is 0.269. The van der Waals surface area contributed by atoms with Gasteiger partial charge < -0.3 is 10.1 Å². The van der Waals surface area contributed by atoms with E-state index in [1.165, 1.54) is 10.4 Å². The van der Waals surface area contributed by atoms with Gasteiger partial charge in [0.2, 0.25) is 0 Å². The first-order valence-electron chi connectivity index (χ1n) is 6.95. The fourth-order valence-electron chi connectivity index (χ4n) is 2.16. The van der Waals surface area contributed by atoms with E-state index in [1.54, 1.807) is 18.4 Å². The average Bonchev–Trinajstić information content (AvgIpc) is 2.83. The monoisotopic (exact) mass is 387 g/mol. The third kappa shape index (κ3) is 4.71. The Morgan fingerprint density at radius 2 is 2.19 bits per heavy atom. The molecular formula is C16H19BrClNOS. The van der Waals surface area contributed by atoms with Gasteiger partial charge in [0.25, 0.3) is 0 Å². The molecule has 1 aromatic carbocycles. The molecule has 0 aliphatic rings. The maximum absolute atomic E-state index is 6.17. The largest absolute Gasteiger partial charge is 0.497 e. The molecule has 1 N–H and O–H groups in total. The summed E-state index contributed by atoms with van der Waals surface area (Å²) in [6.45, 7) is 3.16. The van der Waals surface area contributed by atoms with Crippen molar-refractivity contribution in [3.8, 4) is 5.75 Å². The van der Waals surface area contributed by atoms with E-state index in [4.69, 9.17) is 16.3 Å². The second-order valence-corrected chi connectivity index (χ2v) is 7.64. The highest BCUT2D eigenvalue weighted by Gasteiger charge is 2.16. The highest BCUT2D eigenvalue weighted by molar-refractivity contribution is 9.11. The van der Waals surface area contributed by atoms with Gasteiger partial charge in [0.15, 0.2) is 0 Å². The van der Waals surface area contributed by atoms with Crippen molar-refractivity contribution in [2.45, 2.75) is 25.8 Å². The Balaban J connectivity index is 2.19. The van der Waals surface area contributed by atoms with E-state index in [0.29, 0.717) is 0 Å². The molecule has 0 radical (unpaired) electrons. The lowest BCUT2D eigenvalue weighted by Crippen LogP contribution is -2.23. The van der Waals surface area contributed by atoms with Crippen molar-refractivity contribution in [2.75, 3.05) is 13.7 Å². The van der Waals surface area contributed by atoms with Crippen LogP contribution in [-0.4, -0.2) is 13.7 Å². The number of thiophene rings is 1. The van der Waals surface area contributed by atoms with Crippen LogP contribution in [0.5, 0.6) is 5.75 Å². The van der Waals surface area contributed by atoms with Crippen molar-refractivity contribution in [1.29, 1.82) is 0 Å². The van der Waals surface area contributed by atoms with Crippen molar-refractivity contribution in [2.24, 2.45) is 0 Å². The minimum absolute atomic E-state index is 0.269. The van der Waals surface area contributed by atoms with Crippen LogP contribution < -0.4 is 10.1 Å². The highest BCUT2D eigenvalue weighted by atomic mass is 79.9. The van der Waals surface area contributed by atoms with Crippen molar-refractivity contribution < 1.29 is 4.74 Å². The summed E-state index contributed by atoms with van der Waals surface area (Å²) in [5, 5.41) is 4.38. The molecular weight excluding hydrogens is 370 g/mol. The first kappa shape index (κ1) is 16.8. The number of halogens is 2. The molecule has 2 nitrogen and oxygen atoms in total. The van der Waals surface area contributed by atoms with Gasteiger partial charge in [-0.15, -0.1) is 11.3 Å². The van der Waals surface area contributed by atoms with Crippen molar-refractivity contribution in [3.63, 3.8) is 0 Å². The van der Waals surface area contributed by atoms with Gasteiger partial charge >= 0.3 is 0 Å². The normalized spacial score (nSPS) is 12.4. The van der Waals surface area contributed by atoms with E-state index in [0.717, 1.165) is 33.9 Å². The summed E-state index contributed by atoms with van der Waals surface area (Å²) >= 11 is 11.4. The predicted molar refractivity (Wildman–Crippen MR) is 94.8 cm³/mol. The van der Waals surface area contributed by atoms with Crippen LogP contribution in [0.4, 0.5) is 0 Å². The number of methoxy groups -OCH3 is 1. The Bertz CT molecular complexity index is 568. The molecule has 2 aromatic rings. The summed E-state index contributed by atoms with van der Waals surface area (Å²) in [7, 11) is 1.70. The molecule has 1 atom stereocenters. The Labute approximate surface area is 143 Å². The summed E-state index contributed by atoms with van der Waals surface area (Å²) < 4.78 is 6.29. The van der Waals surface area contributed by atoms with Crippen LogP contribution in [0.25, 0.3) is 0 Å². The maximum atomic E-state index is 6.17. The predicted octanol–water partition coefficient (Wildman–Crippen LogP) is 5.46. The quantitative estimate of drug-likeness (QED) is 0.680. The Morgan fingerprint density at radius 3 is 2.81 bits per heavy atom. The van der Waals surface area contributed by atoms with E-state index >= 15 is 0 Å². The van der Waals surface area contributed by atoms with Gasteiger partial charge in [0, 0.05) is 10.9 Å². The molecule has 0 saturated heterocycles. The average molecular weight is 389 g/mol. The van der Waals surface area contributed by atoms with E-state index < -0.39 is 0 Å². The second kappa shape index (κ2) is 8.18. The molecule has 2 rings (SSSR count). The first-order valence-corrected chi connectivity index (χ1v) is 8.93. The lowest BCUT2D eigenvalue weighted by Gasteiger charge is -2.17. The molecule has 5 heteroatoms. The molecule has 0 bridgehead atoms. The summed E-state index contributed by atoms with van der Waals surface area (Å²) in [5.41, 5.74) is 1.25. The molecule has 114 valence electrons. The smallest absolute Gasteiger partial charge is 0.119 e. The van der Waals surface area contributed by atoms with Gasteiger partial charge in [-0.2, -0.15) is 0 Å². The van der Waals surface area contributed by atoms with Crippen LogP contribution in [0, 0.1) is 0 Å². The number of ether oxygens (including phenoxy) is 1. The number of hydrogen-bond donors (Lipinski definition) is 1. The second-order valence-electron chi connectivity index (χ2n) is 4.83. The molecule has 0 saturated carbocycles. The van der Waals surface area contributed by atoms with Gasteiger partial charge in [-0.05, 0) is 59.1 Å². The topological polar surface area (TPSA) is 21.3 Å². The van der Waals surface area contributed by atoms with Crippen LogP contribution >= 0.6 is 38.9 Å². The molecule has 0 amide bonds. The van der Waals surface area contributed by atoms with Gasteiger partial charge in [-0.3, -0.25) is 0 Å². The third-order valence-electron chi connectivity index (χ3n) is 3.22. The fraction of sp³-hybridized carbons (Fsp3) is 0.375. The first-order chi connectivity index (χ1) is 10.1. The van der Waals surface area contributed by atoms with E-state index in [1.807, 2.05) is 18.2 Å². The highest BCUT2D eigenvalue weighted by Crippen LogP contribution is 2.36. The van der Waals surface area contributed by atoms with Crippen molar-refractivity contribution >= 4 is 38.9 Å². The van der Waals surface area contributed by atoms with Gasteiger partial charge in [-0.1, -0.05) is 30.7 Å². The van der Waals surface area contributed by atoms with Gasteiger partial charge in [0.05, 0.1) is 15.9 Å². The fourth-order valence-corrected chi connectivity index (χ4v) is 3.98. The molecule has 0 aliphatic heterocycles. The molecule has 0 aliphatic carbocycles. The lowest BCUT2D eigenvalue weighted by atomic mass is 10.0. The number of nitrogens with one attached hydrogen (secondary N) is 1. The third-order valence-corrected chi connectivity index (χ3v) is 5.81. The molecule has 1 unspecified atom stereocenters. The SMILES string of the molecule is CCCNC(Cc1cccc(OC)c1)c1cc(Cl)c(Br)s1. The van der Waals surface area contributed by atoms with Gasteiger partial charge in [-0.25, -0.2) is 0 Å². The van der Waals surface area contributed by atoms with Crippen LogP contribution in [-0.2, 0) is 6.42 Å². The van der Waals surface area contributed by atoms with Crippen LogP contribution in [0.2, 0.25) is 5.02 Å². The summed E-state index contributed by atoms with van der Waals surface area (Å²) in [6.07, 6.45) is 2.02. The zero-order valence-electron chi connectivity index (χ0n) is 12.2. The van der Waals surface area contributed by atoms with Crippen LogP contribution in [0.1, 0.15) is 29.8 Å². The molecule has 0 spiro atoms. The van der Waals surface area contributed by atoms with Crippen molar-refractivity contribution in [3.05, 3.63) is 49.6 Å². The minimum Gasteiger partial charge on any atom is -0.497 e. The Morgan fingerprint density at radius 1 is 1.38 bits per heavy atom. The number of benzene rings is 1.